The number of nitrogens with two attached hydrogens (primary N) is 1. The molecule has 1 atom stereocenters. The topological polar surface area (TPSA) is 58.3 Å². The van der Waals surface area contributed by atoms with Crippen LogP contribution in [0.2, 0.25) is 0 Å². The van der Waals surface area contributed by atoms with E-state index in [1.165, 1.54) is 0 Å². The predicted molar refractivity (Wildman–Crippen MR) is 76.7 cm³/mol. The van der Waals surface area contributed by atoms with Crippen LogP contribution < -0.4 is 10.6 Å². The number of hydrogen-bond donors (Lipinski definition) is 1. The van der Waals surface area contributed by atoms with Crippen molar-refractivity contribution in [3.8, 4) is 0 Å². The minimum absolute atomic E-state index is 0.221. The fraction of sp³-hybridized carbons (Fsp3) is 0.583. The lowest BCUT2D eigenvalue weighted by Gasteiger charge is -2.38. The first-order chi connectivity index (χ1) is 8.72. The van der Waals surface area contributed by atoms with E-state index in [-0.39, 0.29) is 6.04 Å². The summed E-state index contributed by atoms with van der Waals surface area (Å²) in [6.45, 7) is 5.87. The molecule has 1 aliphatic rings. The van der Waals surface area contributed by atoms with Crippen molar-refractivity contribution in [3.05, 3.63) is 18.5 Å². The van der Waals surface area contributed by atoms with E-state index in [2.05, 4.69) is 26.7 Å². The zero-order chi connectivity index (χ0) is 13.0. The first-order valence-corrected chi connectivity index (χ1v) is 6.68. The van der Waals surface area contributed by atoms with Crippen LogP contribution in [-0.2, 0) is 0 Å². The quantitative estimate of drug-likeness (QED) is 0.807. The van der Waals surface area contributed by atoms with E-state index in [4.69, 9.17) is 18.0 Å². The Morgan fingerprint density at radius 1 is 1.33 bits per heavy atom. The minimum atomic E-state index is 0.221. The lowest BCUT2D eigenvalue weighted by atomic mass is 10.1. The van der Waals surface area contributed by atoms with Crippen molar-refractivity contribution < 1.29 is 0 Å². The molecule has 0 radical (unpaired) electrons. The van der Waals surface area contributed by atoms with E-state index < -0.39 is 0 Å². The summed E-state index contributed by atoms with van der Waals surface area (Å²) in [5.74, 6) is 0.806. The Morgan fingerprint density at radius 3 is 2.44 bits per heavy atom. The van der Waals surface area contributed by atoms with Crippen molar-refractivity contribution in [2.75, 3.05) is 31.1 Å². The second-order valence-electron chi connectivity index (χ2n) is 4.40. The zero-order valence-electron chi connectivity index (χ0n) is 10.6. The molecule has 0 spiro atoms. The molecule has 18 heavy (non-hydrogen) atoms. The van der Waals surface area contributed by atoms with Gasteiger partial charge in [0.05, 0.1) is 11.0 Å². The van der Waals surface area contributed by atoms with Crippen LogP contribution in [0.15, 0.2) is 18.5 Å². The van der Waals surface area contributed by atoms with Crippen molar-refractivity contribution in [2.24, 2.45) is 5.73 Å². The molecule has 0 amide bonds. The van der Waals surface area contributed by atoms with Crippen LogP contribution in [0.4, 0.5) is 5.95 Å². The number of anilines is 1. The second kappa shape index (κ2) is 6.06. The summed E-state index contributed by atoms with van der Waals surface area (Å²) in [6, 6.07) is 2.05. The number of piperazine rings is 1. The van der Waals surface area contributed by atoms with E-state index in [0.717, 1.165) is 38.5 Å². The maximum absolute atomic E-state index is 5.78. The average molecular weight is 265 g/mol. The highest BCUT2D eigenvalue weighted by molar-refractivity contribution is 7.80. The lowest BCUT2D eigenvalue weighted by Crippen LogP contribution is -2.53. The van der Waals surface area contributed by atoms with Gasteiger partial charge in [-0.05, 0) is 12.5 Å². The zero-order valence-corrected chi connectivity index (χ0v) is 11.4. The predicted octanol–water partition coefficient (Wildman–Crippen LogP) is 0.663. The fourth-order valence-corrected chi connectivity index (χ4v) is 2.64. The van der Waals surface area contributed by atoms with Crippen molar-refractivity contribution in [1.82, 2.24) is 14.9 Å². The molecule has 2 rings (SSSR count). The molecule has 0 aliphatic carbocycles. The summed E-state index contributed by atoms with van der Waals surface area (Å²) in [7, 11) is 0. The first-order valence-electron chi connectivity index (χ1n) is 6.27. The Bertz CT molecular complexity index is 389. The molecule has 2 N–H and O–H groups in total. The van der Waals surface area contributed by atoms with Gasteiger partial charge in [-0.3, -0.25) is 4.90 Å². The van der Waals surface area contributed by atoms with Crippen molar-refractivity contribution >= 4 is 23.2 Å². The summed E-state index contributed by atoms with van der Waals surface area (Å²) in [5.41, 5.74) is 5.78. The normalized spacial score (nSPS) is 18.6. The SMILES string of the molecule is CCC(C(N)=S)N1CCN(c2ncccn2)CC1. The number of hydrogen-bond acceptors (Lipinski definition) is 5. The summed E-state index contributed by atoms with van der Waals surface area (Å²) in [4.78, 5) is 13.7. The van der Waals surface area contributed by atoms with Gasteiger partial charge in [0.15, 0.2) is 0 Å². The van der Waals surface area contributed by atoms with E-state index in [0.29, 0.717) is 4.99 Å². The van der Waals surface area contributed by atoms with Crippen LogP contribution in [-0.4, -0.2) is 52.1 Å². The molecule has 98 valence electrons. The van der Waals surface area contributed by atoms with Gasteiger partial charge in [0.1, 0.15) is 0 Å². The van der Waals surface area contributed by atoms with Crippen LogP contribution in [0.5, 0.6) is 0 Å². The number of nitrogens with zero attached hydrogens (tertiary/aromatic N) is 4. The van der Waals surface area contributed by atoms with E-state index in [9.17, 15) is 0 Å². The van der Waals surface area contributed by atoms with Gasteiger partial charge in [-0.15, -0.1) is 0 Å². The van der Waals surface area contributed by atoms with Gasteiger partial charge in [-0.1, -0.05) is 19.1 Å². The van der Waals surface area contributed by atoms with Crippen molar-refractivity contribution in [3.63, 3.8) is 0 Å². The third kappa shape index (κ3) is 2.94. The molecule has 0 aromatic carbocycles. The summed E-state index contributed by atoms with van der Waals surface area (Å²) in [6.07, 6.45) is 4.52. The van der Waals surface area contributed by atoms with Gasteiger partial charge in [-0.2, -0.15) is 0 Å². The Balaban J connectivity index is 1.94. The highest BCUT2D eigenvalue weighted by atomic mass is 32.1. The van der Waals surface area contributed by atoms with Crippen LogP contribution in [0.25, 0.3) is 0 Å². The van der Waals surface area contributed by atoms with E-state index in [1.54, 1.807) is 12.4 Å². The highest BCUT2D eigenvalue weighted by Gasteiger charge is 2.25. The van der Waals surface area contributed by atoms with Gasteiger partial charge in [0, 0.05) is 38.6 Å². The maximum Gasteiger partial charge on any atom is 0.225 e. The standard InChI is InChI=1S/C12H19N5S/c1-2-10(11(13)18)16-6-8-17(9-7-16)12-14-4-3-5-15-12/h3-5,10H,2,6-9H2,1H3,(H2,13,18). The van der Waals surface area contributed by atoms with Gasteiger partial charge in [-0.25, -0.2) is 9.97 Å². The monoisotopic (exact) mass is 265 g/mol. The Kier molecular flexibility index (Phi) is 4.43. The molecule has 1 aliphatic heterocycles. The van der Waals surface area contributed by atoms with Crippen LogP contribution in [0.3, 0.4) is 0 Å². The molecule has 1 saturated heterocycles. The van der Waals surface area contributed by atoms with Crippen LogP contribution >= 0.6 is 12.2 Å². The van der Waals surface area contributed by atoms with E-state index >= 15 is 0 Å². The molecular weight excluding hydrogens is 246 g/mol. The van der Waals surface area contributed by atoms with Crippen molar-refractivity contribution in [1.29, 1.82) is 0 Å². The van der Waals surface area contributed by atoms with Gasteiger partial charge in [0.2, 0.25) is 5.95 Å². The largest absolute Gasteiger partial charge is 0.392 e. The lowest BCUT2D eigenvalue weighted by molar-refractivity contribution is 0.223. The minimum Gasteiger partial charge on any atom is -0.392 e. The molecule has 1 aromatic heterocycles. The third-order valence-corrected chi connectivity index (χ3v) is 3.58. The second-order valence-corrected chi connectivity index (χ2v) is 4.87. The smallest absolute Gasteiger partial charge is 0.225 e. The van der Waals surface area contributed by atoms with Gasteiger partial charge >= 0.3 is 0 Å². The molecule has 1 unspecified atom stereocenters. The molecule has 0 saturated carbocycles. The molecule has 1 fully saturated rings. The van der Waals surface area contributed by atoms with Crippen LogP contribution in [0.1, 0.15) is 13.3 Å². The number of aromatic nitrogens is 2. The Morgan fingerprint density at radius 2 is 1.94 bits per heavy atom. The molecule has 1 aromatic rings. The molecule has 2 heterocycles. The molecule has 6 heteroatoms. The number of rotatable bonds is 4. The van der Waals surface area contributed by atoms with Gasteiger partial charge < -0.3 is 10.6 Å². The van der Waals surface area contributed by atoms with E-state index in [1.807, 2.05) is 6.07 Å². The van der Waals surface area contributed by atoms with Crippen molar-refractivity contribution in [2.45, 2.75) is 19.4 Å². The highest BCUT2D eigenvalue weighted by Crippen LogP contribution is 2.13. The fourth-order valence-electron chi connectivity index (χ4n) is 2.33. The number of thiocarbonyl (C=S) groups is 1. The third-order valence-electron chi connectivity index (χ3n) is 3.31. The summed E-state index contributed by atoms with van der Waals surface area (Å²) >= 11 is 5.12. The summed E-state index contributed by atoms with van der Waals surface area (Å²) < 4.78 is 0. The first kappa shape index (κ1) is 13.2. The molecule has 5 nitrogen and oxygen atoms in total. The Hall–Kier alpha value is -1.27. The Labute approximate surface area is 113 Å². The molecule has 0 bridgehead atoms. The molecular formula is C12H19N5S. The maximum atomic E-state index is 5.78. The summed E-state index contributed by atoms with van der Waals surface area (Å²) in [5, 5.41) is 0. The van der Waals surface area contributed by atoms with Crippen LogP contribution in [0, 0.1) is 0 Å². The average Bonchev–Trinajstić information content (AvgIpc) is 2.41. The van der Waals surface area contributed by atoms with Gasteiger partial charge in [0.25, 0.3) is 0 Å².